The third-order valence-electron chi connectivity index (χ3n) is 4.89. The third-order valence-corrected chi connectivity index (χ3v) is 6.76. The highest BCUT2D eigenvalue weighted by Gasteiger charge is 2.33. The molecular formula is C20H25N3O3S. The molecule has 1 N–H and O–H groups in total. The average Bonchev–Trinajstić information content (AvgIpc) is 2.63. The summed E-state index contributed by atoms with van der Waals surface area (Å²) < 4.78 is 27.7. The van der Waals surface area contributed by atoms with Crippen LogP contribution in [0.4, 0.5) is 5.69 Å². The van der Waals surface area contributed by atoms with Crippen LogP contribution in [0.2, 0.25) is 0 Å². The highest BCUT2D eigenvalue weighted by Crippen LogP contribution is 2.28. The molecule has 1 saturated heterocycles. The van der Waals surface area contributed by atoms with Crippen molar-refractivity contribution in [2.24, 2.45) is 0 Å². The van der Waals surface area contributed by atoms with Gasteiger partial charge in [0.2, 0.25) is 15.9 Å². The van der Waals surface area contributed by atoms with Crippen LogP contribution < -0.4 is 5.32 Å². The quantitative estimate of drug-likeness (QED) is 0.876. The molecule has 2 aromatic rings. The maximum Gasteiger partial charge on any atom is 0.243 e. The van der Waals surface area contributed by atoms with Crippen molar-refractivity contribution in [2.75, 3.05) is 32.0 Å². The van der Waals surface area contributed by atoms with Gasteiger partial charge in [-0.2, -0.15) is 4.31 Å². The molecular weight excluding hydrogens is 362 g/mol. The molecule has 27 heavy (non-hydrogen) atoms. The Hall–Kier alpha value is -2.22. The molecule has 1 aliphatic rings. The van der Waals surface area contributed by atoms with Crippen molar-refractivity contribution in [1.82, 2.24) is 9.21 Å². The van der Waals surface area contributed by atoms with Gasteiger partial charge in [0, 0.05) is 38.3 Å². The summed E-state index contributed by atoms with van der Waals surface area (Å²) in [5.41, 5.74) is 2.88. The highest BCUT2D eigenvalue weighted by molar-refractivity contribution is 7.89. The molecule has 0 radical (unpaired) electrons. The summed E-state index contributed by atoms with van der Waals surface area (Å²) in [6.45, 7) is 4.99. The van der Waals surface area contributed by atoms with Gasteiger partial charge >= 0.3 is 0 Å². The first kappa shape index (κ1) is 19.5. The van der Waals surface area contributed by atoms with Crippen molar-refractivity contribution in [3.8, 4) is 0 Å². The number of carbonyl (C=O) groups is 1. The van der Waals surface area contributed by atoms with Crippen molar-refractivity contribution >= 4 is 21.6 Å². The largest absolute Gasteiger partial charge is 0.326 e. The summed E-state index contributed by atoms with van der Waals surface area (Å²) >= 11 is 0. The zero-order valence-electron chi connectivity index (χ0n) is 15.8. The van der Waals surface area contributed by atoms with E-state index >= 15 is 0 Å². The summed E-state index contributed by atoms with van der Waals surface area (Å²) in [4.78, 5) is 13.6. The van der Waals surface area contributed by atoms with Gasteiger partial charge in [0.1, 0.15) is 0 Å². The first-order valence-corrected chi connectivity index (χ1v) is 10.4. The number of nitrogens with zero attached hydrogens (tertiary/aromatic N) is 2. The van der Waals surface area contributed by atoms with Crippen molar-refractivity contribution in [3.05, 3.63) is 59.7 Å². The molecule has 3 rings (SSSR count). The van der Waals surface area contributed by atoms with E-state index in [0.29, 0.717) is 25.3 Å². The minimum absolute atomic E-state index is 0.0211. The van der Waals surface area contributed by atoms with E-state index in [1.807, 2.05) is 14.0 Å². The number of benzene rings is 2. The third kappa shape index (κ3) is 4.37. The number of hydrogen-bond donors (Lipinski definition) is 1. The minimum Gasteiger partial charge on any atom is -0.326 e. The molecule has 1 heterocycles. The lowest BCUT2D eigenvalue weighted by atomic mass is 10.0. The first-order chi connectivity index (χ1) is 12.8. The van der Waals surface area contributed by atoms with E-state index in [1.54, 1.807) is 28.6 Å². The molecule has 1 amide bonds. The number of nitrogens with one attached hydrogen (secondary N) is 1. The van der Waals surface area contributed by atoms with E-state index in [-0.39, 0.29) is 16.8 Å². The number of rotatable bonds is 4. The van der Waals surface area contributed by atoms with Gasteiger partial charge < -0.3 is 5.32 Å². The van der Waals surface area contributed by atoms with Crippen LogP contribution in [0.3, 0.4) is 0 Å². The zero-order chi connectivity index (χ0) is 19.6. The van der Waals surface area contributed by atoms with Gasteiger partial charge in [-0.3, -0.25) is 9.69 Å². The Morgan fingerprint density at radius 3 is 2.26 bits per heavy atom. The maximum absolute atomic E-state index is 13.1. The highest BCUT2D eigenvalue weighted by atomic mass is 32.2. The Balaban J connectivity index is 1.81. The summed E-state index contributed by atoms with van der Waals surface area (Å²) in [5, 5.41) is 2.65. The second kappa shape index (κ2) is 7.80. The van der Waals surface area contributed by atoms with Crippen molar-refractivity contribution in [2.45, 2.75) is 24.8 Å². The Labute approximate surface area is 160 Å². The lowest BCUT2D eigenvalue weighted by molar-refractivity contribution is -0.114. The van der Waals surface area contributed by atoms with Crippen molar-refractivity contribution < 1.29 is 13.2 Å². The summed E-state index contributed by atoms with van der Waals surface area (Å²) in [6, 6.07) is 14.6. The zero-order valence-corrected chi connectivity index (χ0v) is 16.7. The number of carbonyl (C=O) groups excluding carboxylic acids is 1. The number of amides is 1. The molecule has 7 heteroatoms. The normalized spacial score (nSPS) is 19.0. The molecule has 0 aromatic heterocycles. The number of anilines is 1. The van der Waals surface area contributed by atoms with Gasteiger partial charge in [0.15, 0.2) is 0 Å². The Morgan fingerprint density at radius 2 is 1.67 bits per heavy atom. The Morgan fingerprint density at radius 1 is 1.04 bits per heavy atom. The van der Waals surface area contributed by atoms with Crippen LogP contribution in [0.5, 0.6) is 0 Å². The van der Waals surface area contributed by atoms with Crippen molar-refractivity contribution in [1.29, 1.82) is 0 Å². The van der Waals surface area contributed by atoms with Gasteiger partial charge in [-0.15, -0.1) is 0 Å². The van der Waals surface area contributed by atoms with E-state index in [1.165, 1.54) is 12.5 Å². The summed E-state index contributed by atoms with van der Waals surface area (Å²) in [6.07, 6.45) is 0. The molecule has 0 unspecified atom stereocenters. The molecule has 144 valence electrons. The number of piperazine rings is 1. The minimum atomic E-state index is -3.59. The van der Waals surface area contributed by atoms with Crippen LogP contribution in [0.15, 0.2) is 53.4 Å². The second-order valence-corrected chi connectivity index (χ2v) is 8.91. The second-order valence-electron chi connectivity index (χ2n) is 6.98. The fraction of sp³-hybridized carbons (Fsp3) is 0.350. The van der Waals surface area contributed by atoms with Crippen LogP contribution in [0, 0.1) is 6.92 Å². The molecule has 2 aromatic carbocycles. The number of aryl methyl sites for hydroxylation is 1. The number of sulfonamides is 1. The van der Waals surface area contributed by atoms with E-state index in [9.17, 15) is 13.2 Å². The van der Waals surface area contributed by atoms with Gasteiger partial charge in [-0.1, -0.05) is 29.8 Å². The van der Waals surface area contributed by atoms with Crippen LogP contribution in [-0.2, 0) is 14.8 Å². The molecule has 0 bridgehead atoms. The summed E-state index contributed by atoms with van der Waals surface area (Å²) in [5.74, 6) is -0.189. The van der Waals surface area contributed by atoms with E-state index < -0.39 is 10.0 Å². The van der Waals surface area contributed by atoms with Crippen LogP contribution in [0.1, 0.15) is 24.1 Å². The topological polar surface area (TPSA) is 69.7 Å². The maximum atomic E-state index is 13.1. The Kier molecular flexibility index (Phi) is 5.64. The molecule has 0 saturated carbocycles. The van der Waals surface area contributed by atoms with Crippen LogP contribution >= 0.6 is 0 Å². The average molecular weight is 388 g/mol. The molecule has 1 fully saturated rings. The lowest BCUT2D eigenvalue weighted by Gasteiger charge is -2.39. The SMILES string of the molecule is CC(=O)Nc1ccc(S(=O)(=O)N2CCN(C)[C@@H](c3ccc(C)cc3)C2)cc1. The molecule has 0 aliphatic carbocycles. The molecule has 1 aliphatic heterocycles. The van der Waals surface area contributed by atoms with E-state index in [0.717, 1.165) is 5.56 Å². The van der Waals surface area contributed by atoms with Crippen LogP contribution in [-0.4, -0.2) is 50.2 Å². The monoisotopic (exact) mass is 387 g/mol. The molecule has 0 spiro atoms. The number of likely N-dealkylation sites (N-methyl/N-ethyl adjacent to an activating group) is 1. The summed E-state index contributed by atoms with van der Waals surface area (Å²) in [7, 11) is -1.56. The van der Waals surface area contributed by atoms with Crippen molar-refractivity contribution in [3.63, 3.8) is 0 Å². The standard InChI is InChI=1S/C20H25N3O3S/c1-15-4-6-17(7-5-15)20-14-23(13-12-22(20)3)27(25,26)19-10-8-18(9-11-19)21-16(2)24/h4-11,20H,12-14H2,1-3H3,(H,21,24)/t20-/m1/s1. The van der Waals surface area contributed by atoms with Gasteiger partial charge in [0.05, 0.1) is 4.90 Å². The fourth-order valence-electron chi connectivity index (χ4n) is 3.28. The lowest BCUT2D eigenvalue weighted by Crippen LogP contribution is -2.48. The Bertz CT molecular complexity index is 908. The van der Waals surface area contributed by atoms with E-state index in [4.69, 9.17) is 0 Å². The van der Waals surface area contributed by atoms with Gasteiger partial charge in [-0.25, -0.2) is 8.42 Å². The predicted octanol–water partition coefficient (Wildman–Crippen LogP) is 2.63. The molecule has 1 atom stereocenters. The first-order valence-electron chi connectivity index (χ1n) is 8.92. The predicted molar refractivity (Wildman–Crippen MR) is 106 cm³/mol. The fourth-order valence-corrected chi connectivity index (χ4v) is 4.72. The van der Waals surface area contributed by atoms with Crippen LogP contribution in [0.25, 0.3) is 0 Å². The van der Waals surface area contributed by atoms with Gasteiger partial charge in [0.25, 0.3) is 0 Å². The molecule has 6 nitrogen and oxygen atoms in total. The van der Waals surface area contributed by atoms with Gasteiger partial charge in [-0.05, 0) is 43.8 Å². The van der Waals surface area contributed by atoms with E-state index in [2.05, 4.69) is 34.5 Å². The smallest absolute Gasteiger partial charge is 0.243 e. The number of hydrogen-bond acceptors (Lipinski definition) is 4.